The van der Waals surface area contributed by atoms with Crippen LogP contribution < -0.4 is 14.2 Å². The molecule has 75 heavy (non-hydrogen) atoms. The van der Waals surface area contributed by atoms with Crippen molar-refractivity contribution in [1.29, 1.82) is 0 Å². The fourth-order valence-corrected chi connectivity index (χ4v) is 11.1. The molecule has 4 aliphatic rings. The number of nitrogens with zero attached hydrogens (tertiary/aromatic N) is 7. The van der Waals surface area contributed by atoms with Gasteiger partial charge in [-0.2, -0.15) is 0 Å². The number of carbonyl (C=O) groups is 1. The first-order chi connectivity index (χ1) is 36.3. The number of fused-ring (bicyclic) bond motifs is 6. The lowest BCUT2D eigenvalue weighted by Crippen LogP contribution is -2.59. The van der Waals surface area contributed by atoms with Crippen LogP contribution in [-0.4, -0.2) is 158 Å². The second-order valence-electron chi connectivity index (χ2n) is 19.1. The minimum Gasteiger partial charge on any atom is -0.491 e. The molecule has 0 aliphatic carbocycles. The van der Waals surface area contributed by atoms with Gasteiger partial charge in [-0.15, -0.1) is 11.3 Å². The maximum absolute atomic E-state index is 14.3. The van der Waals surface area contributed by atoms with Crippen LogP contribution in [0.25, 0.3) is 43.2 Å². The van der Waals surface area contributed by atoms with Crippen molar-refractivity contribution < 1.29 is 53.3 Å². The molecule has 2 fully saturated rings. The Morgan fingerprint density at radius 3 is 2.37 bits per heavy atom. The molecule has 11 rings (SSSR count). The zero-order chi connectivity index (χ0) is 52.3. The average molecular weight is 1060 g/mol. The third-order valence-electron chi connectivity index (χ3n) is 14.0. The van der Waals surface area contributed by atoms with E-state index in [1.54, 1.807) is 48.7 Å². The van der Waals surface area contributed by atoms with Gasteiger partial charge in [-0.1, -0.05) is 48.0 Å². The summed E-state index contributed by atoms with van der Waals surface area (Å²) in [5.41, 5.74) is 6.82. The fraction of sp³-hybridized carbons (Fsp3) is 0.364. The molecule has 7 aromatic rings. The summed E-state index contributed by atoms with van der Waals surface area (Å²) < 4.78 is 43.9. The summed E-state index contributed by atoms with van der Waals surface area (Å²) in [6.45, 7) is 8.49. The minimum atomic E-state index is -1.47. The number of thiophene rings is 1. The first kappa shape index (κ1) is 52.2. The first-order valence-electron chi connectivity index (χ1n) is 24.7. The zero-order valence-electron chi connectivity index (χ0n) is 41.5. The van der Waals surface area contributed by atoms with Crippen LogP contribution in [0, 0.1) is 12.7 Å². The van der Waals surface area contributed by atoms with E-state index in [0.717, 1.165) is 72.0 Å². The van der Waals surface area contributed by atoms with Gasteiger partial charge < -0.3 is 49.0 Å². The Labute approximate surface area is 441 Å². The van der Waals surface area contributed by atoms with Gasteiger partial charge >= 0.3 is 5.97 Å². The number of aliphatic hydroxyl groups is 3. The highest BCUT2D eigenvalue weighted by atomic mass is 35.5. The molecular formula is C55H57ClFN7O10S. The number of methoxy groups -OCH3 is 1. The Kier molecular flexibility index (Phi) is 16.0. The van der Waals surface area contributed by atoms with Crippen molar-refractivity contribution in [1.82, 2.24) is 34.6 Å². The third kappa shape index (κ3) is 11.6. The molecule has 0 amide bonds. The molecule has 7 heterocycles. The normalized spacial score (nSPS) is 21.8. The molecule has 4 N–H and O–H groups in total. The van der Waals surface area contributed by atoms with Crippen LogP contribution in [0.5, 0.6) is 17.4 Å². The van der Waals surface area contributed by atoms with E-state index < -0.39 is 42.8 Å². The van der Waals surface area contributed by atoms with E-state index in [-0.39, 0.29) is 31.3 Å². The van der Waals surface area contributed by atoms with Crippen LogP contribution in [0.3, 0.4) is 0 Å². The lowest BCUT2D eigenvalue weighted by Gasteiger charge is -2.39. The number of benzene rings is 4. The van der Waals surface area contributed by atoms with Crippen molar-refractivity contribution in [2.45, 2.75) is 69.9 Å². The summed E-state index contributed by atoms with van der Waals surface area (Å²) in [7, 11) is 3.47. The van der Waals surface area contributed by atoms with Crippen LogP contribution in [0.4, 0.5) is 4.39 Å². The van der Waals surface area contributed by atoms with E-state index in [0.29, 0.717) is 68.0 Å². The predicted molar refractivity (Wildman–Crippen MR) is 279 cm³/mol. The van der Waals surface area contributed by atoms with E-state index in [1.165, 1.54) is 36.9 Å². The van der Waals surface area contributed by atoms with Crippen molar-refractivity contribution >= 4 is 39.1 Å². The van der Waals surface area contributed by atoms with E-state index in [4.69, 9.17) is 40.3 Å². The number of rotatable bonds is 13. The van der Waals surface area contributed by atoms with Crippen molar-refractivity contribution in [2.75, 3.05) is 60.0 Å². The van der Waals surface area contributed by atoms with Gasteiger partial charge in [0, 0.05) is 93.1 Å². The quantitative estimate of drug-likeness (QED) is 0.0956. The Hall–Kier alpha value is -6.23. The third-order valence-corrected chi connectivity index (χ3v) is 15.7. The van der Waals surface area contributed by atoms with E-state index >= 15 is 0 Å². The summed E-state index contributed by atoms with van der Waals surface area (Å²) >= 11 is 8.78. The van der Waals surface area contributed by atoms with Crippen LogP contribution in [0.2, 0.25) is 5.02 Å². The van der Waals surface area contributed by atoms with E-state index in [1.807, 2.05) is 37.3 Å². The molecule has 4 aliphatic heterocycles. The standard InChI is InChI=1S/C55H57ClFN7O10S/c1-31-40-14-9-35(46(31)56)27-64(23-22-63-20-18-62(2)19-21-63)26-32-4-15-41(36(24-32)25-42(54(68)69)73-52-45-44(40)50(75-53(45)60-30-59-52)33-5-10-37(57)11-6-33)72-28-38-16-17-58-51(61-38)34-7-12-39(13-8-34)71-29-43-47(65)48(66)49(67)55(70-3)74-43/h4-17,24,30,42-43,47-49,55,65-67H,18-23,25-29H2,1-3H3,(H,68,69)/t42-,43-,47-,48+,49+,55+/m1/s1. The zero-order valence-corrected chi connectivity index (χ0v) is 43.1. The Morgan fingerprint density at radius 1 is 0.853 bits per heavy atom. The number of carboxylic acid groups (broad SMARTS) is 1. The number of hydrogen-bond acceptors (Lipinski definition) is 17. The molecule has 4 bridgehead atoms. The van der Waals surface area contributed by atoms with Gasteiger partial charge in [-0.05, 0) is 95.9 Å². The molecule has 0 spiro atoms. The number of likely N-dealkylation sites (N-methyl/N-ethyl adjacent to an activating group) is 1. The number of hydrogen-bond donors (Lipinski definition) is 4. The summed E-state index contributed by atoms with van der Waals surface area (Å²) in [4.78, 5) is 40.4. The van der Waals surface area contributed by atoms with Gasteiger partial charge in [0.15, 0.2) is 12.1 Å². The first-order valence-corrected chi connectivity index (χ1v) is 25.9. The molecule has 20 heteroatoms. The molecule has 2 saturated heterocycles. The average Bonchev–Trinajstić information content (AvgIpc) is 3.84. The minimum absolute atomic E-state index is 0.0238. The highest BCUT2D eigenvalue weighted by Crippen LogP contribution is 2.49. The second kappa shape index (κ2) is 22.9. The van der Waals surface area contributed by atoms with Gasteiger partial charge in [-0.25, -0.2) is 29.1 Å². The number of halogens is 2. The summed E-state index contributed by atoms with van der Waals surface area (Å²) in [6.07, 6.45) is -4.86. The van der Waals surface area contributed by atoms with Gasteiger partial charge in [0.2, 0.25) is 12.0 Å². The fourth-order valence-electron chi connectivity index (χ4n) is 9.70. The van der Waals surface area contributed by atoms with Crippen LogP contribution in [0.1, 0.15) is 27.9 Å². The topological polar surface area (TPSA) is 205 Å². The largest absolute Gasteiger partial charge is 0.491 e. The van der Waals surface area contributed by atoms with Gasteiger partial charge in [-0.3, -0.25) is 9.80 Å². The lowest BCUT2D eigenvalue weighted by molar-refractivity contribution is -0.293. The Bertz CT molecular complexity index is 3140. The van der Waals surface area contributed by atoms with Crippen molar-refractivity contribution in [3.8, 4) is 50.3 Å². The van der Waals surface area contributed by atoms with E-state index in [2.05, 4.69) is 36.7 Å². The highest BCUT2D eigenvalue weighted by Gasteiger charge is 2.44. The number of aliphatic carboxylic acids is 1. The smallest absolute Gasteiger partial charge is 0.345 e. The number of carboxylic acids is 1. The number of ether oxygens (including phenoxy) is 5. The van der Waals surface area contributed by atoms with Crippen LogP contribution >= 0.6 is 22.9 Å². The molecule has 17 nitrogen and oxygen atoms in total. The molecule has 3 aromatic heterocycles. The van der Waals surface area contributed by atoms with Crippen LogP contribution in [0.15, 0.2) is 97.5 Å². The SMILES string of the molecule is CO[C@H]1O[C@H](COc2ccc(-c3nccc(COc4ccc5cc4C[C@H](C(=O)O)Oc4ncnc6sc(-c7ccc(F)cc7)c(c46)-c4ccc(c(Cl)c4C)CN(CCN4CCN(C)CC4)C5)n3)cc2)[C@@H](O)[C@H](O)[C@@H]1O. The highest BCUT2D eigenvalue weighted by molar-refractivity contribution is 7.22. The number of piperazine rings is 1. The number of aliphatic hydroxyl groups excluding tert-OH is 3. The van der Waals surface area contributed by atoms with Gasteiger partial charge in [0.05, 0.1) is 11.1 Å². The molecule has 392 valence electrons. The summed E-state index contributed by atoms with van der Waals surface area (Å²) in [6, 6.07) is 24.9. The Morgan fingerprint density at radius 2 is 1.61 bits per heavy atom. The van der Waals surface area contributed by atoms with E-state index in [9.17, 15) is 29.6 Å². The van der Waals surface area contributed by atoms with Gasteiger partial charge in [0.1, 0.15) is 66.1 Å². The molecule has 6 atom stereocenters. The Balaban J connectivity index is 0.953. The second-order valence-corrected chi connectivity index (χ2v) is 20.5. The number of aromatic nitrogens is 4. The lowest BCUT2D eigenvalue weighted by atomic mass is 9.94. The van der Waals surface area contributed by atoms with Crippen molar-refractivity contribution in [3.05, 3.63) is 136 Å². The summed E-state index contributed by atoms with van der Waals surface area (Å²) in [5.74, 6) is -0.177. The molecule has 0 radical (unpaired) electrons. The molecule has 4 aromatic carbocycles. The van der Waals surface area contributed by atoms with Crippen LogP contribution in [-0.2, 0) is 40.4 Å². The molecule has 0 unspecified atom stereocenters. The predicted octanol–water partition coefficient (Wildman–Crippen LogP) is 6.63. The van der Waals surface area contributed by atoms with Gasteiger partial charge in [0.25, 0.3) is 0 Å². The monoisotopic (exact) mass is 1060 g/mol. The molecule has 0 saturated carbocycles. The van der Waals surface area contributed by atoms with Crippen molar-refractivity contribution in [3.63, 3.8) is 0 Å². The summed E-state index contributed by atoms with van der Waals surface area (Å²) in [5, 5.41) is 42.9. The maximum atomic E-state index is 14.3. The maximum Gasteiger partial charge on any atom is 0.345 e. The van der Waals surface area contributed by atoms with Crippen molar-refractivity contribution in [2.24, 2.45) is 0 Å². The molecular weight excluding hydrogens is 1010 g/mol.